The second kappa shape index (κ2) is 16.2. The number of hydrogen-bond acceptors (Lipinski definition) is 9. The quantitative estimate of drug-likeness (QED) is 0.0327. The summed E-state index contributed by atoms with van der Waals surface area (Å²) < 4.78 is 52.4. The van der Waals surface area contributed by atoms with E-state index in [0.717, 1.165) is 0 Å². The van der Waals surface area contributed by atoms with E-state index in [-0.39, 0.29) is 30.9 Å². The lowest BCUT2D eigenvalue weighted by atomic mass is 10.0. The van der Waals surface area contributed by atoms with Gasteiger partial charge in [0.15, 0.2) is 0 Å². The molecular weight excluding hydrogens is 569 g/mol. The van der Waals surface area contributed by atoms with Crippen LogP contribution in [-0.2, 0) is 14.4 Å². The van der Waals surface area contributed by atoms with Gasteiger partial charge in [-0.2, -0.15) is 13.2 Å². The number of nitrogen functional groups attached to an aromatic ring is 2. The summed E-state index contributed by atoms with van der Waals surface area (Å²) in [5, 5.41) is 9.22. The van der Waals surface area contributed by atoms with Gasteiger partial charge in [0.25, 0.3) is 0 Å². The zero-order chi connectivity index (χ0) is 31.2. The molecule has 43 heavy (non-hydrogen) atoms. The van der Waals surface area contributed by atoms with Crippen LogP contribution < -0.4 is 20.9 Å². The lowest BCUT2D eigenvalue weighted by Crippen LogP contribution is -2.10. The average Bonchev–Trinajstić information content (AvgIpc) is 2.96. The van der Waals surface area contributed by atoms with E-state index in [1.165, 1.54) is 30.3 Å². The van der Waals surface area contributed by atoms with Crippen LogP contribution in [0, 0.1) is 0 Å². The molecule has 0 fully saturated rings. The molecule has 5 N–H and O–H groups in total. The van der Waals surface area contributed by atoms with Gasteiger partial charge >= 0.3 is 18.1 Å². The smallest absolute Gasteiger partial charge is 0.389 e. The van der Waals surface area contributed by atoms with Crippen LogP contribution in [0.1, 0.15) is 59.7 Å². The average molecular weight is 603 g/mol. The maximum Gasteiger partial charge on any atom is 0.389 e. The van der Waals surface area contributed by atoms with Crippen LogP contribution in [0.4, 0.5) is 24.5 Å². The molecule has 0 aliphatic rings. The highest BCUT2D eigenvalue weighted by molar-refractivity contribution is 5.91. The van der Waals surface area contributed by atoms with Crippen molar-refractivity contribution in [2.45, 2.75) is 44.4 Å². The van der Waals surface area contributed by atoms with Gasteiger partial charge in [-0.3, -0.25) is 5.26 Å². The predicted molar refractivity (Wildman–Crippen MR) is 154 cm³/mol. The fourth-order valence-electron chi connectivity index (χ4n) is 3.95. The molecule has 0 bridgehead atoms. The lowest BCUT2D eigenvalue weighted by molar-refractivity contribution is -0.283. The molecule has 0 aliphatic carbocycles. The van der Waals surface area contributed by atoms with Crippen LogP contribution in [0.2, 0.25) is 0 Å². The number of carbonyl (C=O) groups is 2. The summed E-state index contributed by atoms with van der Waals surface area (Å²) in [6.45, 7) is 0.0895. The zero-order valence-corrected chi connectivity index (χ0v) is 23.2. The summed E-state index contributed by atoms with van der Waals surface area (Å²) in [5.74, 6) is -0.521. The zero-order valence-electron chi connectivity index (χ0n) is 23.2. The normalized spacial score (nSPS) is 12.2. The molecule has 0 aliphatic heterocycles. The molecule has 1 unspecified atom stereocenters. The van der Waals surface area contributed by atoms with Gasteiger partial charge in [0.2, 0.25) is 0 Å². The van der Waals surface area contributed by atoms with Gasteiger partial charge in [-0.1, -0.05) is 12.1 Å². The minimum Gasteiger partial charge on any atom is -0.494 e. The molecule has 0 aromatic heterocycles. The molecule has 230 valence electrons. The van der Waals surface area contributed by atoms with E-state index in [1.807, 2.05) is 0 Å². The Morgan fingerprint density at radius 2 is 1.51 bits per heavy atom. The Morgan fingerprint density at radius 3 is 2.14 bits per heavy atom. The monoisotopic (exact) mass is 602 g/mol. The van der Waals surface area contributed by atoms with Crippen molar-refractivity contribution in [1.82, 2.24) is 0 Å². The summed E-state index contributed by atoms with van der Waals surface area (Å²) in [6.07, 6.45) is -1.44. The second-order valence-electron chi connectivity index (χ2n) is 9.57. The Bertz CT molecular complexity index is 1340. The van der Waals surface area contributed by atoms with Crippen molar-refractivity contribution in [1.29, 1.82) is 0 Å². The predicted octanol–water partition coefficient (Wildman–Crippen LogP) is 6.75. The van der Waals surface area contributed by atoms with E-state index < -0.39 is 30.6 Å². The lowest BCUT2D eigenvalue weighted by Gasteiger charge is -2.15. The number of esters is 2. The van der Waals surface area contributed by atoms with Gasteiger partial charge in [0.1, 0.15) is 17.6 Å². The van der Waals surface area contributed by atoms with Gasteiger partial charge in [0, 0.05) is 23.9 Å². The number of rotatable bonds is 15. The van der Waals surface area contributed by atoms with E-state index >= 15 is 0 Å². The molecule has 3 aromatic carbocycles. The molecule has 1 atom stereocenters. The van der Waals surface area contributed by atoms with Crippen LogP contribution in [0.3, 0.4) is 0 Å². The van der Waals surface area contributed by atoms with Crippen molar-refractivity contribution in [2.24, 2.45) is 0 Å². The number of anilines is 2. The first-order valence-corrected chi connectivity index (χ1v) is 13.5. The largest absolute Gasteiger partial charge is 0.494 e. The van der Waals surface area contributed by atoms with Crippen molar-refractivity contribution in [3.63, 3.8) is 0 Å². The third-order valence-corrected chi connectivity index (χ3v) is 6.07. The highest BCUT2D eigenvalue weighted by Crippen LogP contribution is 2.27. The van der Waals surface area contributed by atoms with Gasteiger partial charge < -0.3 is 25.7 Å². The minimum absolute atomic E-state index is 0.0915. The summed E-state index contributed by atoms with van der Waals surface area (Å²) in [6, 6.07) is 17.3. The van der Waals surface area contributed by atoms with Crippen LogP contribution in [0.25, 0.3) is 6.08 Å². The third kappa shape index (κ3) is 12.1. The number of hydrogen-bond donors (Lipinski definition) is 3. The Hall–Kier alpha value is -4.55. The number of halogens is 3. The Morgan fingerprint density at radius 1 is 0.860 bits per heavy atom. The molecule has 3 aromatic rings. The summed E-state index contributed by atoms with van der Waals surface area (Å²) in [5.41, 5.74) is 14.1. The van der Waals surface area contributed by atoms with Crippen LogP contribution >= 0.6 is 0 Å². The number of ether oxygens (including phenoxy) is 3. The second-order valence-corrected chi connectivity index (χ2v) is 9.57. The molecule has 0 spiro atoms. The van der Waals surface area contributed by atoms with Crippen molar-refractivity contribution < 1.29 is 47.1 Å². The fourth-order valence-corrected chi connectivity index (χ4v) is 3.95. The number of unbranched alkanes of at least 4 members (excludes halogenated alkanes) is 1. The topological polar surface area (TPSA) is 143 Å². The summed E-state index contributed by atoms with van der Waals surface area (Å²) in [4.78, 5) is 29.0. The summed E-state index contributed by atoms with van der Waals surface area (Å²) >= 11 is 0. The third-order valence-electron chi connectivity index (χ3n) is 6.07. The fraction of sp³-hybridized carbons (Fsp3) is 0.290. The van der Waals surface area contributed by atoms with Gasteiger partial charge in [-0.25, -0.2) is 14.5 Å². The minimum atomic E-state index is -4.22. The highest BCUT2D eigenvalue weighted by Gasteiger charge is 2.26. The molecule has 0 saturated carbocycles. The standard InChI is InChI=1S/C31H33F3N2O7/c32-31(33,34)15-3-17-40-26-12-8-22(9-13-26)30(38)42-27-10-5-21(6-11-27)7-14-29(37)41-16-2-1-4-28(43-39)23-18-24(35)20-25(36)19-23/h5-14,18-20,28,39H,1-4,15-17,35-36H2/b14-7+. The maximum atomic E-state index is 12.4. The highest BCUT2D eigenvalue weighted by atomic mass is 19.4. The molecule has 0 radical (unpaired) electrons. The first kappa shape index (κ1) is 33.0. The van der Waals surface area contributed by atoms with Crippen LogP contribution in [-0.4, -0.2) is 36.6 Å². The number of benzene rings is 3. The molecule has 9 nitrogen and oxygen atoms in total. The van der Waals surface area contributed by atoms with Crippen molar-refractivity contribution in [3.8, 4) is 11.5 Å². The van der Waals surface area contributed by atoms with Gasteiger partial charge in [-0.15, -0.1) is 0 Å². The summed E-state index contributed by atoms with van der Waals surface area (Å²) in [7, 11) is 0. The van der Waals surface area contributed by atoms with E-state index in [9.17, 15) is 28.0 Å². The SMILES string of the molecule is Nc1cc(N)cc(C(CCCCOC(=O)/C=C/c2ccc(OC(=O)c3ccc(OCCCC(F)(F)F)cc3)cc2)OO)c1. The van der Waals surface area contributed by atoms with Crippen LogP contribution in [0.5, 0.6) is 11.5 Å². The van der Waals surface area contributed by atoms with Crippen LogP contribution in [0.15, 0.2) is 72.8 Å². The maximum absolute atomic E-state index is 12.4. The molecule has 3 rings (SSSR count). The van der Waals surface area contributed by atoms with Crippen molar-refractivity contribution in [3.05, 3.63) is 89.5 Å². The van der Waals surface area contributed by atoms with E-state index in [2.05, 4.69) is 4.89 Å². The number of nitrogens with two attached hydrogens (primary N) is 2. The van der Waals surface area contributed by atoms with Crippen molar-refractivity contribution >= 4 is 29.4 Å². The Kier molecular flexibility index (Phi) is 12.4. The van der Waals surface area contributed by atoms with Gasteiger partial charge in [0.05, 0.1) is 18.8 Å². The van der Waals surface area contributed by atoms with Crippen molar-refractivity contribution in [2.75, 3.05) is 24.7 Å². The Balaban J connectivity index is 1.36. The van der Waals surface area contributed by atoms with E-state index in [4.69, 9.17) is 25.7 Å². The molecule has 0 amide bonds. The van der Waals surface area contributed by atoms with Gasteiger partial charge in [-0.05, 0) is 97.5 Å². The Labute approximate surface area is 246 Å². The number of carbonyl (C=O) groups excluding carboxylic acids is 2. The molecule has 0 saturated heterocycles. The first-order valence-electron chi connectivity index (χ1n) is 13.5. The number of alkyl halides is 3. The first-order chi connectivity index (χ1) is 20.5. The molecule has 12 heteroatoms. The van der Waals surface area contributed by atoms with E-state index in [1.54, 1.807) is 48.5 Å². The van der Waals surface area contributed by atoms with E-state index in [0.29, 0.717) is 47.5 Å². The molecular formula is C31H33F3N2O7. The molecule has 0 heterocycles.